The summed E-state index contributed by atoms with van der Waals surface area (Å²) in [6.07, 6.45) is 1.93. The lowest BCUT2D eigenvalue weighted by molar-refractivity contribution is -0.120. The molecule has 0 spiro atoms. The molecule has 0 saturated carbocycles. The third-order valence-electron chi connectivity index (χ3n) is 4.78. The first-order valence-electron chi connectivity index (χ1n) is 10.0. The van der Waals surface area contributed by atoms with Crippen molar-refractivity contribution in [2.24, 2.45) is 5.10 Å². The van der Waals surface area contributed by atoms with Crippen LogP contribution in [0.15, 0.2) is 84.0 Å². The number of benzene rings is 3. The van der Waals surface area contributed by atoms with Gasteiger partial charge in [0, 0.05) is 18.8 Å². The Morgan fingerprint density at radius 1 is 0.967 bits per heavy atom. The van der Waals surface area contributed by atoms with Crippen molar-refractivity contribution in [1.29, 1.82) is 0 Å². The van der Waals surface area contributed by atoms with E-state index in [4.69, 9.17) is 4.74 Å². The SMILES string of the molecule is CCN(Cc1ccccc1)c1ccc(/C=N\NC(=O)Cc2ccc(OC)cc2)cc1. The Balaban J connectivity index is 1.52. The zero-order valence-electron chi connectivity index (χ0n) is 17.4. The summed E-state index contributed by atoms with van der Waals surface area (Å²) in [5.41, 5.74) is 6.85. The molecule has 0 aliphatic heterocycles. The monoisotopic (exact) mass is 401 g/mol. The number of rotatable bonds is 9. The number of anilines is 1. The number of carbonyl (C=O) groups is 1. The summed E-state index contributed by atoms with van der Waals surface area (Å²) in [7, 11) is 1.62. The highest BCUT2D eigenvalue weighted by Gasteiger charge is 2.05. The Labute approximate surface area is 178 Å². The van der Waals surface area contributed by atoms with Gasteiger partial charge >= 0.3 is 0 Å². The van der Waals surface area contributed by atoms with Crippen molar-refractivity contribution in [2.45, 2.75) is 19.9 Å². The van der Waals surface area contributed by atoms with Crippen LogP contribution >= 0.6 is 0 Å². The number of methoxy groups -OCH3 is 1. The summed E-state index contributed by atoms with van der Waals surface area (Å²) in [5, 5.41) is 4.07. The topological polar surface area (TPSA) is 53.9 Å². The van der Waals surface area contributed by atoms with Crippen molar-refractivity contribution in [2.75, 3.05) is 18.6 Å². The number of hydrogen-bond acceptors (Lipinski definition) is 4. The maximum atomic E-state index is 12.1. The van der Waals surface area contributed by atoms with Crippen molar-refractivity contribution in [3.05, 3.63) is 95.6 Å². The Morgan fingerprint density at radius 2 is 1.67 bits per heavy atom. The van der Waals surface area contributed by atoms with E-state index in [0.29, 0.717) is 0 Å². The van der Waals surface area contributed by atoms with Gasteiger partial charge in [-0.05, 0) is 47.9 Å². The number of hydrogen-bond donors (Lipinski definition) is 1. The maximum absolute atomic E-state index is 12.1. The van der Waals surface area contributed by atoms with Crippen LogP contribution < -0.4 is 15.1 Å². The summed E-state index contributed by atoms with van der Waals surface area (Å²) in [4.78, 5) is 14.4. The van der Waals surface area contributed by atoms with E-state index >= 15 is 0 Å². The van der Waals surface area contributed by atoms with Gasteiger partial charge in [-0.1, -0.05) is 54.6 Å². The normalized spacial score (nSPS) is 10.7. The predicted molar refractivity (Wildman–Crippen MR) is 122 cm³/mol. The quantitative estimate of drug-likeness (QED) is 0.427. The van der Waals surface area contributed by atoms with E-state index in [1.165, 1.54) is 5.56 Å². The standard InChI is InChI=1S/C25H27N3O2/c1-3-28(19-22-7-5-4-6-8-22)23-13-9-21(10-14-23)18-26-27-25(29)17-20-11-15-24(30-2)16-12-20/h4-16,18H,3,17,19H2,1-2H3,(H,27,29)/b26-18-. The fourth-order valence-corrected chi connectivity index (χ4v) is 3.11. The van der Waals surface area contributed by atoms with Crippen LogP contribution in [0.3, 0.4) is 0 Å². The second kappa shape index (κ2) is 10.8. The van der Waals surface area contributed by atoms with Gasteiger partial charge < -0.3 is 9.64 Å². The molecule has 1 amide bonds. The minimum Gasteiger partial charge on any atom is -0.497 e. The van der Waals surface area contributed by atoms with Crippen LogP contribution in [-0.2, 0) is 17.8 Å². The van der Waals surface area contributed by atoms with Gasteiger partial charge in [0.25, 0.3) is 0 Å². The third kappa shape index (κ3) is 6.21. The first-order valence-corrected chi connectivity index (χ1v) is 10.0. The van der Waals surface area contributed by atoms with Crippen molar-refractivity contribution in [1.82, 2.24) is 5.43 Å². The Bertz CT molecular complexity index is 952. The Morgan fingerprint density at radius 3 is 2.30 bits per heavy atom. The van der Waals surface area contributed by atoms with Crippen LogP contribution in [0.1, 0.15) is 23.6 Å². The molecule has 5 nitrogen and oxygen atoms in total. The van der Waals surface area contributed by atoms with E-state index in [0.717, 1.165) is 35.7 Å². The fraction of sp³-hybridized carbons (Fsp3) is 0.200. The largest absolute Gasteiger partial charge is 0.497 e. The zero-order chi connectivity index (χ0) is 21.2. The van der Waals surface area contributed by atoms with Crippen LogP contribution in [0, 0.1) is 0 Å². The molecule has 0 unspecified atom stereocenters. The smallest absolute Gasteiger partial charge is 0.244 e. The molecule has 3 aromatic carbocycles. The van der Waals surface area contributed by atoms with Crippen LogP contribution in [0.5, 0.6) is 5.75 Å². The molecule has 5 heteroatoms. The summed E-state index contributed by atoms with van der Waals surface area (Å²) in [5.74, 6) is 0.610. The van der Waals surface area contributed by atoms with Crippen LogP contribution in [0.25, 0.3) is 0 Å². The molecule has 0 fully saturated rings. The predicted octanol–water partition coefficient (Wildman–Crippen LogP) is 4.41. The minimum atomic E-state index is -0.159. The highest BCUT2D eigenvalue weighted by Crippen LogP contribution is 2.17. The maximum Gasteiger partial charge on any atom is 0.244 e. The molecule has 0 saturated heterocycles. The summed E-state index contributed by atoms with van der Waals surface area (Å²) >= 11 is 0. The van der Waals surface area contributed by atoms with Gasteiger partial charge in [0.2, 0.25) is 5.91 Å². The molecule has 0 bridgehead atoms. The minimum absolute atomic E-state index is 0.159. The van der Waals surface area contributed by atoms with E-state index in [1.54, 1.807) is 13.3 Å². The van der Waals surface area contributed by atoms with Gasteiger partial charge in [-0.15, -0.1) is 0 Å². The molecule has 154 valence electrons. The van der Waals surface area contributed by atoms with Gasteiger partial charge in [-0.3, -0.25) is 4.79 Å². The summed E-state index contributed by atoms with van der Waals surface area (Å²) in [6, 6.07) is 26.0. The first kappa shape index (κ1) is 21.1. The second-order valence-electron chi connectivity index (χ2n) is 6.91. The van der Waals surface area contributed by atoms with E-state index in [2.05, 4.69) is 58.7 Å². The molecule has 0 radical (unpaired) electrons. The lowest BCUT2D eigenvalue weighted by Gasteiger charge is -2.23. The molecular formula is C25H27N3O2. The fourth-order valence-electron chi connectivity index (χ4n) is 3.11. The van der Waals surface area contributed by atoms with E-state index in [-0.39, 0.29) is 12.3 Å². The van der Waals surface area contributed by atoms with E-state index in [9.17, 15) is 4.79 Å². The molecule has 0 aliphatic rings. The van der Waals surface area contributed by atoms with Crippen LogP contribution in [-0.4, -0.2) is 25.8 Å². The van der Waals surface area contributed by atoms with Crippen molar-refractivity contribution >= 4 is 17.8 Å². The lowest BCUT2D eigenvalue weighted by atomic mass is 10.1. The second-order valence-corrected chi connectivity index (χ2v) is 6.91. The van der Waals surface area contributed by atoms with Gasteiger partial charge in [0.15, 0.2) is 0 Å². The van der Waals surface area contributed by atoms with Crippen LogP contribution in [0.4, 0.5) is 5.69 Å². The van der Waals surface area contributed by atoms with Crippen molar-refractivity contribution in [3.63, 3.8) is 0 Å². The summed E-state index contributed by atoms with van der Waals surface area (Å²) < 4.78 is 5.12. The number of carbonyl (C=O) groups excluding carboxylic acids is 1. The van der Waals surface area contributed by atoms with Gasteiger partial charge in [0.05, 0.1) is 19.7 Å². The summed E-state index contributed by atoms with van der Waals surface area (Å²) in [6.45, 7) is 3.94. The average Bonchev–Trinajstić information content (AvgIpc) is 2.79. The molecule has 0 aromatic heterocycles. The first-order chi connectivity index (χ1) is 14.7. The Kier molecular flexibility index (Phi) is 7.61. The molecule has 30 heavy (non-hydrogen) atoms. The number of hydrazone groups is 1. The zero-order valence-corrected chi connectivity index (χ0v) is 17.4. The van der Waals surface area contributed by atoms with Crippen molar-refractivity contribution in [3.8, 4) is 5.75 Å². The highest BCUT2D eigenvalue weighted by atomic mass is 16.5. The van der Waals surface area contributed by atoms with Crippen LogP contribution in [0.2, 0.25) is 0 Å². The van der Waals surface area contributed by atoms with E-state index in [1.807, 2.05) is 42.5 Å². The molecular weight excluding hydrogens is 374 g/mol. The molecule has 3 aromatic rings. The van der Waals surface area contributed by atoms with Gasteiger partial charge in [-0.25, -0.2) is 5.43 Å². The number of nitrogens with zero attached hydrogens (tertiary/aromatic N) is 2. The Hall–Kier alpha value is -3.60. The molecule has 0 atom stereocenters. The number of nitrogens with one attached hydrogen (secondary N) is 1. The lowest BCUT2D eigenvalue weighted by Crippen LogP contribution is -2.21. The van der Waals surface area contributed by atoms with Gasteiger partial charge in [0.1, 0.15) is 5.75 Å². The van der Waals surface area contributed by atoms with E-state index < -0.39 is 0 Å². The van der Waals surface area contributed by atoms with Crippen molar-refractivity contribution < 1.29 is 9.53 Å². The molecule has 3 rings (SSSR count). The number of amides is 1. The number of ether oxygens (including phenoxy) is 1. The van der Waals surface area contributed by atoms with Gasteiger partial charge in [-0.2, -0.15) is 5.10 Å². The third-order valence-corrected chi connectivity index (χ3v) is 4.78. The molecule has 0 aliphatic carbocycles. The molecule has 0 heterocycles. The molecule has 1 N–H and O–H groups in total. The average molecular weight is 402 g/mol. The highest BCUT2D eigenvalue weighted by molar-refractivity contribution is 5.83.